The Morgan fingerprint density at radius 3 is 0.796 bits per heavy atom. The average molecular weight is 692 g/mol. The van der Waals surface area contributed by atoms with E-state index in [0.29, 0.717) is 5.75 Å². The molecule has 0 aliphatic heterocycles. The fraction of sp³-hybridized carbons (Fsp3) is 0.846. The monoisotopic (exact) mass is 692 g/mol. The van der Waals surface area contributed by atoms with E-state index in [0.717, 1.165) is 148 Å². The van der Waals surface area contributed by atoms with Crippen LogP contribution in [0.4, 0.5) is 0 Å². The van der Waals surface area contributed by atoms with Crippen molar-refractivity contribution in [2.24, 2.45) is 0 Å². The van der Waals surface area contributed by atoms with Crippen molar-refractivity contribution in [3.05, 3.63) is 28.8 Å². The largest absolute Gasteiger partial charge is 0.507 e. The van der Waals surface area contributed by atoms with E-state index in [9.17, 15) is 5.11 Å². The highest BCUT2D eigenvalue weighted by molar-refractivity contribution is 5.44. The van der Waals surface area contributed by atoms with Crippen molar-refractivity contribution >= 4 is 0 Å². The molecule has 0 bridgehead atoms. The molecule has 0 spiro atoms. The Balaban J connectivity index is 3.47. The molecule has 10 heteroatoms. The molecule has 49 heavy (non-hydrogen) atoms. The van der Waals surface area contributed by atoms with E-state index < -0.39 is 0 Å². The molecule has 10 nitrogen and oxygen atoms in total. The van der Waals surface area contributed by atoms with Crippen LogP contribution in [-0.2, 0) is 19.6 Å². The number of hydrogen-bond donors (Lipinski definition) is 1. The van der Waals surface area contributed by atoms with Gasteiger partial charge in [-0.05, 0) is 219 Å². The lowest BCUT2D eigenvalue weighted by Gasteiger charge is -2.28. The highest BCUT2D eigenvalue weighted by Crippen LogP contribution is 2.29. The second-order valence-corrected chi connectivity index (χ2v) is 16.0. The van der Waals surface area contributed by atoms with Crippen LogP contribution >= 0.6 is 0 Å². The Kier molecular flexibility index (Phi) is 24.6. The summed E-state index contributed by atoms with van der Waals surface area (Å²) < 4.78 is 0. The fourth-order valence-corrected chi connectivity index (χ4v) is 6.38. The normalized spacial score (nSPS) is 12.7. The van der Waals surface area contributed by atoms with Gasteiger partial charge in [-0.2, -0.15) is 0 Å². The van der Waals surface area contributed by atoms with Crippen LogP contribution in [0.5, 0.6) is 5.75 Å². The van der Waals surface area contributed by atoms with Gasteiger partial charge in [0.2, 0.25) is 0 Å². The molecule has 0 heterocycles. The van der Waals surface area contributed by atoms with Gasteiger partial charge in [0.25, 0.3) is 0 Å². The predicted octanol–water partition coefficient (Wildman–Crippen LogP) is 3.51. The number of nitrogens with zero attached hydrogens (tertiary/aromatic N) is 9. The second kappa shape index (κ2) is 26.4. The van der Waals surface area contributed by atoms with Crippen molar-refractivity contribution in [1.29, 1.82) is 0 Å². The quantitative estimate of drug-likeness (QED) is 0.130. The Hall–Kier alpha value is -1.34. The van der Waals surface area contributed by atoms with E-state index in [1.807, 2.05) is 0 Å². The number of phenolic OH excluding ortho intramolecular Hbond substituents is 1. The van der Waals surface area contributed by atoms with E-state index in [4.69, 9.17) is 0 Å². The summed E-state index contributed by atoms with van der Waals surface area (Å²) >= 11 is 0. The molecule has 1 rings (SSSR count). The summed E-state index contributed by atoms with van der Waals surface area (Å²) in [5, 5.41) is 12.0. The lowest BCUT2D eigenvalue weighted by atomic mass is 10.0. The lowest BCUT2D eigenvalue weighted by molar-refractivity contribution is 0.224. The van der Waals surface area contributed by atoms with Gasteiger partial charge in [-0.1, -0.05) is 0 Å². The Bertz CT molecular complexity index is 857. The van der Waals surface area contributed by atoms with Crippen molar-refractivity contribution in [3.8, 4) is 5.75 Å². The van der Waals surface area contributed by atoms with Crippen molar-refractivity contribution in [2.45, 2.75) is 58.2 Å². The van der Waals surface area contributed by atoms with Crippen LogP contribution in [-0.4, -0.2) is 212 Å². The zero-order valence-corrected chi connectivity index (χ0v) is 34.5. The van der Waals surface area contributed by atoms with Gasteiger partial charge in [0, 0.05) is 30.8 Å². The third-order valence-electron chi connectivity index (χ3n) is 9.00. The summed E-state index contributed by atoms with van der Waals surface area (Å²) in [5.41, 5.74) is 3.51. The number of phenols is 1. The van der Waals surface area contributed by atoms with E-state index in [1.165, 1.54) is 5.56 Å². The highest BCUT2D eigenvalue weighted by Gasteiger charge is 2.18. The molecular formula is C39H81N9O. The van der Waals surface area contributed by atoms with Gasteiger partial charge in [0.05, 0.1) is 0 Å². The maximum absolute atomic E-state index is 12.0. The summed E-state index contributed by atoms with van der Waals surface area (Å²) in [6, 6.07) is 4.66. The Morgan fingerprint density at radius 1 is 0.347 bits per heavy atom. The van der Waals surface area contributed by atoms with Crippen LogP contribution in [0.2, 0.25) is 0 Å². The Labute approximate surface area is 304 Å². The molecule has 1 N–H and O–H groups in total. The lowest BCUT2D eigenvalue weighted by Crippen LogP contribution is -2.32. The molecule has 0 amide bonds. The van der Waals surface area contributed by atoms with Crippen LogP contribution < -0.4 is 0 Å². The standard InChI is InChI=1S/C39H81N9O/c1-40(2)19-13-25-46(26-14-20-41(3)4)33-36-31-37(34-47(27-15-21-42(5)6)28-16-22-43(7)8)39(49)38(32-36)35-48(29-17-23-44(9)10)30-18-24-45(11)12/h31-32,49H,13-30,33-35H2,1-12H3. The summed E-state index contributed by atoms with van der Waals surface area (Å²) in [6.07, 6.45) is 6.81. The minimum atomic E-state index is 0.506. The molecule has 0 radical (unpaired) electrons. The third kappa shape index (κ3) is 23.7. The summed E-state index contributed by atoms with van der Waals surface area (Å²) in [7, 11) is 25.9. The van der Waals surface area contributed by atoms with Crippen molar-refractivity contribution in [3.63, 3.8) is 0 Å². The van der Waals surface area contributed by atoms with E-state index in [-0.39, 0.29) is 0 Å². The summed E-state index contributed by atoms with van der Waals surface area (Å²) in [6.45, 7) is 15.3. The van der Waals surface area contributed by atoms with Crippen LogP contribution in [0.1, 0.15) is 55.2 Å². The van der Waals surface area contributed by atoms with Crippen LogP contribution in [0.15, 0.2) is 12.1 Å². The Morgan fingerprint density at radius 2 is 0.571 bits per heavy atom. The zero-order chi connectivity index (χ0) is 36.8. The minimum Gasteiger partial charge on any atom is -0.507 e. The molecule has 0 fully saturated rings. The first-order valence-corrected chi connectivity index (χ1v) is 19.0. The SMILES string of the molecule is CN(C)CCCN(CCCN(C)C)Cc1cc(CN(CCCN(C)C)CCCN(C)C)c(O)c(CN(CCCN(C)C)CCCN(C)C)c1. The number of rotatable bonds is 30. The van der Waals surface area contributed by atoms with Crippen molar-refractivity contribution < 1.29 is 5.11 Å². The van der Waals surface area contributed by atoms with E-state index in [2.05, 4.69) is 141 Å². The van der Waals surface area contributed by atoms with Gasteiger partial charge in [0.15, 0.2) is 0 Å². The topological polar surface area (TPSA) is 49.4 Å². The molecule has 0 aromatic heterocycles. The fourth-order valence-electron chi connectivity index (χ4n) is 6.38. The zero-order valence-electron chi connectivity index (χ0n) is 34.5. The molecule has 0 aliphatic rings. The van der Waals surface area contributed by atoms with Gasteiger partial charge in [0.1, 0.15) is 5.75 Å². The van der Waals surface area contributed by atoms with Crippen molar-refractivity contribution in [1.82, 2.24) is 44.1 Å². The summed E-state index contributed by atoms with van der Waals surface area (Å²) in [5.74, 6) is 0.506. The molecule has 0 atom stereocenters. The van der Waals surface area contributed by atoms with Gasteiger partial charge in [-0.3, -0.25) is 14.7 Å². The van der Waals surface area contributed by atoms with Gasteiger partial charge in [-0.15, -0.1) is 0 Å². The van der Waals surface area contributed by atoms with E-state index >= 15 is 0 Å². The highest BCUT2D eigenvalue weighted by atomic mass is 16.3. The average Bonchev–Trinajstić information content (AvgIpc) is 2.97. The number of aromatic hydroxyl groups is 1. The first-order valence-electron chi connectivity index (χ1n) is 19.0. The maximum Gasteiger partial charge on any atom is 0.124 e. The second-order valence-electron chi connectivity index (χ2n) is 16.0. The van der Waals surface area contributed by atoms with Crippen LogP contribution in [0.3, 0.4) is 0 Å². The van der Waals surface area contributed by atoms with Gasteiger partial charge >= 0.3 is 0 Å². The van der Waals surface area contributed by atoms with Gasteiger partial charge in [-0.25, -0.2) is 0 Å². The first kappa shape index (κ1) is 45.7. The number of hydrogen-bond acceptors (Lipinski definition) is 10. The van der Waals surface area contributed by atoms with Crippen molar-refractivity contribution in [2.75, 3.05) is 163 Å². The molecule has 0 saturated carbocycles. The van der Waals surface area contributed by atoms with Crippen LogP contribution in [0, 0.1) is 0 Å². The third-order valence-corrected chi connectivity index (χ3v) is 9.00. The molecule has 0 aliphatic carbocycles. The molecule has 1 aromatic rings. The van der Waals surface area contributed by atoms with Gasteiger partial charge < -0.3 is 34.5 Å². The van der Waals surface area contributed by atoms with E-state index in [1.54, 1.807) is 0 Å². The smallest absolute Gasteiger partial charge is 0.124 e. The van der Waals surface area contributed by atoms with Crippen LogP contribution in [0.25, 0.3) is 0 Å². The summed E-state index contributed by atoms with van der Waals surface area (Å²) in [4.78, 5) is 21.5. The molecule has 288 valence electrons. The first-order chi connectivity index (χ1) is 23.2. The molecular weight excluding hydrogens is 610 g/mol. The maximum atomic E-state index is 12.0. The molecule has 1 aromatic carbocycles. The minimum absolute atomic E-state index is 0.506. The molecule has 0 saturated heterocycles. The molecule has 0 unspecified atom stereocenters. The number of benzene rings is 1. The predicted molar refractivity (Wildman–Crippen MR) is 213 cm³/mol.